The molecule has 0 spiro atoms. The number of carbonyl (C=O) groups is 4. The van der Waals surface area contributed by atoms with Crippen LogP contribution in [0.2, 0.25) is 0 Å². The largest absolute Gasteiger partial charge is 0.480 e. The molecule has 0 aliphatic rings. The predicted molar refractivity (Wildman–Crippen MR) is 141 cm³/mol. The lowest BCUT2D eigenvalue weighted by Crippen LogP contribution is -2.58. The number of aliphatic hydroxyl groups excluding tert-OH is 1. The van der Waals surface area contributed by atoms with Crippen LogP contribution in [-0.4, -0.2) is 87.2 Å². The lowest BCUT2D eigenvalue weighted by Gasteiger charge is -2.25. The normalized spacial score (nSPS) is 13.8. The summed E-state index contributed by atoms with van der Waals surface area (Å²) in [5.74, 6) is -3.63. The molecule has 15 nitrogen and oxygen atoms in total. The standard InChI is InChI=1S/C24H35N9O6/c25-16(12-34)20(35)31-17(7-4-8-29-24(26)27)21(36)32-18(9-14-5-2-1-3-6-14)22(37)33-19(23(38)39)10-15-11-28-13-30-15/h1-3,5-6,11,13,16-19,34H,4,7-10,12,25H2,(H,28,30)(H,31,35)(H,32,36)(H,33,37)(H,38,39)(H4,26,27,29). The topological polar surface area (TPSA) is 264 Å². The van der Waals surface area contributed by atoms with Crippen LogP contribution in [0.1, 0.15) is 24.1 Å². The van der Waals surface area contributed by atoms with E-state index in [4.69, 9.17) is 17.2 Å². The van der Waals surface area contributed by atoms with Crippen molar-refractivity contribution < 1.29 is 29.4 Å². The highest BCUT2D eigenvalue weighted by Gasteiger charge is 2.30. The Balaban J connectivity index is 2.23. The van der Waals surface area contributed by atoms with Gasteiger partial charge in [0.25, 0.3) is 0 Å². The van der Waals surface area contributed by atoms with Gasteiger partial charge in [-0.25, -0.2) is 9.78 Å². The Morgan fingerprint density at radius 1 is 0.949 bits per heavy atom. The second-order valence-electron chi connectivity index (χ2n) is 8.73. The Labute approximate surface area is 224 Å². The summed E-state index contributed by atoms with van der Waals surface area (Å²) in [6.07, 6.45) is 3.20. The number of aliphatic hydroxyl groups is 1. The highest BCUT2D eigenvalue weighted by Crippen LogP contribution is 2.07. The number of aromatic amines is 1. The molecule has 0 aliphatic carbocycles. The van der Waals surface area contributed by atoms with Gasteiger partial charge in [-0.2, -0.15) is 0 Å². The number of nitrogens with one attached hydrogen (secondary N) is 4. The van der Waals surface area contributed by atoms with Crippen LogP contribution in [0.25, 0.3) is 0 Å². The van der Waals surface area contributed by atoms with Crippen molar-refractivity contribution in [3.05, 3.63) is 54.1 Å². The number of aliphatic carboxylic acids is 1. The Hall–Kier alpha value is -4.50. The smallest absolute Gasteiger partial charge is 0.326 e. The molecule has 12 N–H and O–H groups in total. The average Bonchev–Trinajstić information content (AvgIpc) is 3.42. The SMILES string of the molecule is NC(N)=NCCCC(NC(=O)C(N)CO)C(=O)NC(Cc1ccccc1)C(=O)NC(Cc1cnc[nH]1)C(=O)O. The maximum absolute atomic E-state index is 13.3. The van der Waals surface area contributed by atoms with Crippen molar-refractivity contribution in [2.45, 2.75) is 49.9 Å². The fourth-order valence-electron chi connectivity index (χ4n) is 3.55. The second-order valence-corrected chi connectivity index (χ2v) is 8.73. The number of hydrogen-bond donors (Lipinski definition) is 9. The molecule has 4 unspecified atom stereocenters. The third kappa shape index (κ3) is 10.8. The predicted octanol–water partition coefficient (Wildman–Crippen LogP) is -2.89. The minimum absolute atomic E-state index is 0.0413. The van der Waals surface area contributed by atoms with E-state index in [1.807, 2.05) is 0 Å². The molecule has 3 amide bonds. The summed E-state index contributed by atoms with van der Waals surface area (Å²) in [6.45, 7) is -0.462. The van der Waals surface area contributed by atoms with Crippen molar-refractivity contribution in [2.75, 3.05) is 13.2 Å². The van der Waals surface area contributed by atoms with E-state index in [0.717, 1.165) is 0 Å². The number of imidazole rings is 1. The summed E-state index contributed by atoms with van der Waals surface area (Å²) in [6, 6.07) is 3.91. The van der Waals surface area contributed by atoms with Gasteiger partial charge in [0.1, 0.15) is 24.2 Å². The van der Waals surface area contributed by atoms with Gasteiger partial charge in [0.2, 0.25) is 17.7 Å². The first-order chi connectivity index (χ1) is 18.6. The first-order valence-electron chi connectivity index (χ1n) is 12.2. The van der Waals surface area contributed by atoms with E-state index in [0.29, 0.717) is 17.7 Å². The maximum atomic E-state index is 13.3. The van der Waals surface area contributed by atoms with Crippen LogP contribution in [0.4, 0.5) is 0 Å². The van der Waals surface area contributed by atoms with Crippen molar-refractivity contribution >= 4 is 29.7 Å². The number of hydrogen-bond acceptors (Lipinski definition) is 8. The van der Waals surface area contributed by atoms with Crippen molar-refractivity contribution in [3.63, 3.8) is 0 Å². The molecule has 0 saturated heterocycles. The molecule has 39 heavy (non-hydrogen) atoms. The Bertz CT molecular complexity index is 1110. The molecule has 2 aromatic rings. The quantitative estimate of drug-likeness (QED) is 0.0590. The molecule has 15 heteroatoms. The van der Waals surface area contributed by atoms with E-state index in [1.54, 1.807) is 30.3 Å². The van der Waals surface area contributed by atoms with Gasteiger partial charge in [0.05, 0.1) is 12.9 Å². The summed E-state index contributed by atoms with van der Waals surface area (Å²) >= 11 is 0. The number of benzene rings is 1. The minimum Gasteiger partial charge on any atom is -0.480 e. The average molecular weight is 546 g/mol. The van der Waals surface area contributed by atoms with E-state index in [9.17, 15) is 29.4 Å². The van der Waals surface area contributed by atoms with Crippen LogP contribution in [0.3, 0.4) is 0 Å². The first-order valence-corrected chi connectivity index (χ1v) is 12.2. The molecule has 1 heterocycles. The Morgan fingerprint density at radius 3 is 2.18 bits per heavy atom. The molecule has 0 saturated carbocycles. The zero-order chi connectivity index (χ0) is 28.8. The number of nitrogens with zero attached hydrogens (tertiary/aromatic N) is 2. The summed E-state index contributed by atoms with van der Waals surface area (Å²) in [7, 11) is 0. The van der Waals surface area contributed by atoms with E-state index in [-0.39, 0.29) is 31.8 Å². The lowest BCUT2D eigenvalue weighted by molar-refractivity contribution is -0.142. The van der Waals surface area contributed by atoms with Gasteiger partial charge in [-0.05, 0) is 18.4 Å². The zero-order valence-corrected chi connectivity index (χ0v) is 21.2. The van der Waals surface area contributed by atoms with Crippen LogP contribution in [0.5, 0.6) is 0 Å². The molecule has 1 aromatic carbocycles. The number of aromatic nitrogens is 2. The van der Waals surface area contributed by atoms with Gasteiger partial charge in [-0.3, -0.25) is 19.4 Å². The van der Waals surface area contributed by atoms with Crippen molar-refractivity contribution in [2.24, 2.45) is 22.2 Å². The van der Waals surface area contributed by atoms with Gasteiger partial charge in [-0.1, -0.05) is 30.3 Å². The highest BCUT2D eigenvalue weighted by atomic mass is 16.4. The summed E-state index contributed by atoms with van der Waals surface area (Å²) in [4.78, 5) is 61.2. The van der Waals surface area contributed by atoms with Crippen LogP contribution >= 0.6 is 0 Å². The third-order valence-corrected chi connectivity index (χ3v) is 5.62. The number of carboxylic acid groups (broad SMARTS) is 1. The second kappa shape index (κ2) is 15.7. The highest BCUT2D eigenvalue weighted by molar-refractivity contribution is 5.94. The van der Waals surface area contributed by atoms with Gasteiger partial charge in [0.15, 0.2) is 5.96 Å². The number of carboxylic acids is 1. The van der Waals surface area contributed by atoms with Crippen LogP contribution in [0, 0.1) is 0 Å². The molecule has 0 fully saturated rings. The van der Waals surface area contributed by atoms with Crippen LogP contribution < -0.4 is 33.2 Å². The van der Waals surface area contributed by atoms with Crippen LogP contribution in [-0.2, 0) is 32.0 Å². The van der Waals surface area contributed by atoms with E-state index in [1.165, 1.54) is 12.5 Å². The van der Waals surface area contributed by atoms with E-state index >= 15 is 0 Å². The number of guanidine groups is 1. The number of aliphatic imine (C=N–C) groups is 1. The minimum atomic E-state index is -1.30. The van der Waals surface area contributed by atoms with Gasteiger partial charge in [-0.15, -0.1) is 0 Å². The molecular formula is C24H35N9O6. The van der Waals surface area contributed by atoms with Crippen molar-refractivity contribution in [3.8, 4) is 0 Å². The van der Waals surface area contributed by atoms with E-state index < -0.39 is 54.5 Å². The number of carbonyl (C=O) groups excluding carboxylic acids is 3. The number of H-pyrrole nitrogens is 1. The molecule has 0 aliphatic heterocycles. The van der Waals surface area contributed by atoms with Gasteiger partial charge < -0.3 is 48.3 Å². The number of rotatable bonds is 16. The summed E-state index contributed by atoms with van der Waals surface area (Å²) < 4.78 is 0. The molecule has 0 radical (unpaired) electrons. The van der Waals surface area contributed by atoms with Crippen LogP contribution in [0.15, 0.2) is 47.8 Å². The van der Waals surface area contributed by atoms with Gasteiger partial charge >= 0.3 is 5.97 Å². The fraction of sp³-hybridized carbons (Fsp3) is 0.417. The lowest BCUT2D eigenvalue weighted by atomic mass is 10.0. The molecule has 1 aromatic heterocycles. The van der Waals surface area contributed by atoms with Crippen molar-refractivity contribution in [1.82, 2.24) is 25.9 Å². The third-order valence-electron chi connectivity index (χ3n) is 5.62. The Morgan fingerprint density at radius 2 is 1.59 bits per heavy atom. The molecule has 4 atom stereocenters. The zero-order valence-electron chi connectivity index (χ0n) is 21.2. The monoisotopic (exact) mass is 545 g/mol. The first kappa shape index (κ1) is 30.7. The number of nitrogens with two attached hydrogens (primary N) is 3. The maximum Gasteiger partial charge on any atom is 0.326 e. The van der Waals surface area contributed by atoms with Gasteiger partial charge in [0, 0.05) is 31.3 Å². The molecule has 0 bridgehead atoms. The number of amides is 3. The Kier molecular flexibility index (Phi) is 12.4. The summed E-state index contributed by atoms with van der Waals surface area (Å²) in [5.41, 5.74) is 17.4. The molecule has 2 rings (SSSR count). The molecule has 212 valence electrons. The molecular weight excluding hydrogens is 510 g/mol. The fourth-order valence-corrected chi connectivity index (χ4v) is 3.55. The van der Waals surface area contributed by atoms with Crippen molar-refractivity contribution in [1.29, 1.82) is 0 Å². The summed E-state index contributed by atoms with van der Waals surface area (Å²) in [5, 5.41) is 26.4. The van der Waals surface area contributed by atoms with E-state index in [2.05, 4.69) is 30.9 Å².